The van der Waals surface area contributed by atoms with E-state index >= 15 is 0 Å². The molecule has 5 nitrogen and oxygen atoms in total. The number of hydrogen-bond donors (Lipinski definition) is 1. The molecule has 0 atom stereocenters. The molecule has 1 rings (SSSR count). The lowest BCUT2D eigenvalue weighted by Crippen LogP contribution is -2.21. The van der Waals surface area contributed by atoms with Crippen molar-refractivity contribution in [2.45, 2.75) is 6.54 Å². The Hall–Kier alpha value is -1.78. The highest BCUT2D eigenvalue weighted by Gasteiger charge is 2.05. The van der Waals surface area contributed by atoms with Gasteiger partial charge in [0.25, 0.3) is 0 Å². The number of primary amides is 1. The summed E-state index contributed by atoms with van der Waals surface area (Å²) in [5.41, 5.74) is 4.63. The van der Waals surface area contributed by atoms with Gasteiger partial charge in [0.1, 0.15) is 6.54 Å². The van der Waals surface area contributed by atoms with Gasteiger partial charge in [0, 0.05) is 12.4 Å². The molecule has 0 aromatic carbocycles. The van der Waals surface area contributed by atoms with Gasteiger partial charge < -0.3 is 15.0 Å². The first-order chi connectivity index (χ1) is 5.68. The van der Waals surface area contributed by atoms with Gasteiger partial charge in [-0.25, -0.2) is 9.59 Å². The molecule has 1 aromatic rings. The van der Waals surface area contributed by atoms with Gasteiger partial charge in [-0.1, -0.05) is 0 Å². The fraction of sp³-hybridized carbons (Fsp3) is 0.143. The van der Waals surface area contributed by atoms with Gasteiger partial charge in [0.15, 0.2) is 0 Å². The number of nitrogens with zero attached hydrogens (tertiary/aromatic N) is 1. The molecule has 1 amide bonds. The van der Waals surface area contributed by atoms with E-state index in [1.54, 1.807) is 29.1 Å². The van der Waals surface area contributed by atoms with Crippen LogP contribution in [0.4, 0.5) is 4.79 Å². The number of esters is 1. The molecule has 1 heterocycles. The molecule has 0 aliphatic rings. The summed E-state index contributed by atoms with van der Waals surface area (Å²) in [6.45, 7) is -0.00403. The van der Waals surface area contributed by atoms with E-state index < -0.39 is 12.1 Å². The number of hydrogen-bond acceptors (Lipinski definition) is 3. The van der Waals surface area contributed by atoms with Crippen LogP contribution in [0, 0.1) is 0 Å². The van der Waals surface area contributed by atoms with Crippen LogP contribution in [0.3, 0.4) is 0 Å². The van der Waals surface area contributed by atoms with Crippen LogP contribution >= 0.6 is 0 Å². The van der Waals surface area contributed by atoms with E-state index in [1.807, 2.05) is 0 Å². The highest BCUT2D eigenvalue weighted by molar-refractivity contribution is 5.83. The lowest BCUT2D eigenvalue weighted by molar-refractivity contribution is -0.137. The van der Waals surface area contributed by atoms with E-state index in [9.17, 15) is 9.59 Å². The summed E-state index contributed by atoms with van der Waals surface area (Å²) in [6.07, 6.45) is 2.29. The first-order valence-corrected chi connectivity index (χ1v) is 3.29. The normalized spacial score (nSPS) is 9.33. The van der Waals surface area contributed by atoms with Gasteiger partial charge >= 0.3 is 12.1 Å². The van der Waals surface area contributed by atoms with Crippen molar-refractivity contribution >= 4 is 12.1 Å². The van der Waals surface area contributed by atoms with Gasteiger partial charge in [-0.05, 0) is 12.1 Å². The maximum absolute atomic E-state index is 10.8. The second kappa shape index (κ2) is 3.56. The van der Waals surface area contributed by atoms with Crippen molar-refractivity contribution in [1.82, 2.24) is 4.57 Å². The number of ether oxygens (including phenoxy) is 1. The Balaban J connectivity index is 2.42. The Labute approximate surface area is 68.7 Å². The molecule has 2 N–H and O–H groups in total. The molecule has 0 aliphatic heterocycles. The SMILES string of the molecule is NC(=O)OC(=O)Cn1cccc1. The first kappa shape index (κ1) is 8.32. The summed E-state index contributed by atoms with van der Waals surface area (Å²) in [6, 6.07) is 3.52. The minimum atomic E-state index is -1.08. The molecule has 5 heteroatoms. The fourth-order valence-electron chi connectivity index (χ4n) is 0.769. The van der Waals surface area contributed by atoms with Crippen LogP contribution in [0.2, 0.25) is 0 Å². The molecule has 0 bridgehead atoms. The topological polar surface area (TPSA) is 74.3 Å². The average Bonchev–Trinajstić information content (AvgIpc) is 2.37. The summed E-state index contributed by atoms with van der Waals surface area (Å²) >= 11 is 0. The zero-order valence-electron chi connectivity index (χ0n) is 6.27. The van der Waals surface area contributed by atoms with Crippen molar-refractivity contribution in [2.24, 2.45) is 5.73 Å². The first-order valence-electron chi connectivity index (χ1n) is 3.29. The number of carbonyl (C=O) groups is 2. The number of aromatic nitrogens is 1. The third kappa shape index (κ3) is 2.45. The third-order valence-corrected chi connectivity index (χ3v) is 1.19. The summed E-state index contributed by atoms with van der Waals surface area (Å²) in [5.74, 6) is -0.668. The molecule has 0 unspecified atom stereocenters. The van der Waals surface area contributed by atoms with E-state index in [0.29, 0.717) is 0 Å². The van der Waals surface area contributed by atoms with Crippen LogP contribution in [0.15, 0.2) is 24.5 Å². The Morgan fingerprint density at radius 1 is 1.33 bits per heavy atom. The van der Waals surface area contributed by atoms with Gasteiger partial charge in [-0.3, -0.25) is 0 Å². The zero-order valence-corrected chi connectivity index (χ0v) is 6.27. The maximum atomic E-state index is 10.8. The van der Waals surface area contributed by atoms with E-state index in [4.69, 9.17) is 0 Å². The predicted octanol–water partition coefficient (Wildman–Crippen LogP) is 0.110. The Bertz CT molecular complexity index is 279. The van der Waals surface area contributed by atoms with E-state index in [2.05, 4.69) is 10.5 Å². The molecular formula is C7H8N2O3. The van der Waals surface area contributed by atoms with Gasteiger partial charge in [0.05, 0.1) is 0 Å². The Kier molecular flexibility index (Phi) is 2.47. The van der Waals surface area contributed by atoms with Crippen LogP contribution in [0.25, 0.3) is 0 Å². The fourth-order valence-corrected chi connectivity index (χ4v) is 0.769. The number of rotatable bonds is 2. The minimum Gasteiger partial charge on any atom is -0.375 e. The molecule has 0 saturated carbocycles. The van der Waals surface area contributed by atoms with Crippen LogP contribution in [0.1, 0.15) is 0 Å². The second-order valence-electron chi connectivity index (χ2n) is 2.15. The van der Waals surface area contributed by atoms with Crippen molar-refractivity contribution in [3.63, 3.8) is 0 Å². The predicted molar refractivity (Wildman–Crippen MR) is 40.1 cm³/mol. The minimum absolute atomic E-state index is 0.00403. The Morgan fingerprint density at radius 3 is 2.42 bits per heavy atom. The second-order valence-corrected chi connectivity index (χ2v) is 2.15. The lowest BCUT2D eigenvalue weighted by atomic mass is 10.6. The summed E-state index contributed by atoms with van der Waals surface area (Å²) in [4.78, 5) is 20.9. The third-order valence-electron chi connectivity index (χ3n) is 1.19. The van der Waals surface area contributed by atoms with Crippen molar-refractivity contribution in [3.8, 4) is 0 Å². The number of amides is 1. The van der Waals surface area contributed by atoms with Crippen LogP contribution in [0.5, 0.6) is 0 Å². The van der Waals surface area contributed by atoms with Crippen LogP contribution in [-0.2, 0) is 16.1 Å². The summed E-state index contributed by atoms with van der Waals surface area (Å²) < 4.78 is 5.68. The standard InChI is InChI=1S/C7H8N2O3/c8-7(11)12-6(10)5-9-3-1-2-4-9/h1-4H,5H2,(H2,8,11). The highest BCUT2D eigenvalue weighted by Crippen LogP contribution is 1.91. The average molecular weight is 168 g/mol. The van der Waals surface area contributed by atoms with Crippen LogP contribution in [-0.4, -0.2) is 16.6 Å². The van der Waals surface area contributed by atoms with Gasteiger partial charge in [0.2, 0.25) is 0 Å². The van der Waals surface area contributed by atoms with Crippen molar-refractivity contribution in [2.75, 3.05) is 0 Å². The molecular weight excluding hydrogens is 160 g/mol. The number of nitrogens with two attached hydrogens (primary N) is 1. The Morgan fingerprint density at radius 2 is 1.92 bits per heavy atom. The van der Waals surface area contributed by atoms with Crippen molar-refractivity contribution in [1.29, 1.82) is 0 Å². The molecule has 12 heavy (non-hydrogen) atoms. The summed E-state index contributed by atoms with van der Waals surface area (Å²) in [7, 11) is 0. The van der Waals surface area contributed by atoms with Crippen molar-refractivity contribution < 1.29 is 14.3 Å². The number of carbonyl (C=O) groups excluding carboxylic acids is 2. The molecule has 64 valence electrons. The molecule has 1 aromatic heterocycles. The van der Waals surface area contributed by atoms with Crippen LogP contribution < -0.4 is 5.73 Å². The molecule has 0 aliphatic carbocycles. The molecule has 0 fully saturated rings. The smallest absolute Gasteiger partial charge is 0.375 e. The van der Waals surface area contributed by atoms with Gasteiger partial charge in [-0.15, -0.1) is 0 Å². The quantitative estimate of drug-likeness (QED) is 0.503. The molecule has 0 spiro atoms. The monoisotopic (exact) mass is 168 g/mol. The van der Waals surface area contributed by atoms with E-state index in [1.165, 1.54) is 0 Å². The summed E-state index contributed by atoms with van der Waals surface area (Å²) in [5, 5.41) is 0. The van der Waals surface area contributed by atoms with E-state index in [-0.39, 0.29) is 6.54 Å². The molecule has 0 radical (unpaired) electrons. The lowest BCUT2D eigenvalue weighted by Gasteiger charge is -1.99. The maximum Gasteiger partial charge on any atom is 0.412 e. The molecule has 0 saturated heterocycles. The van der Waals surface area contributed by atoms with Crippen molar-refractivity contribution in [3.05, 3.63) is 24.5 Å². The van der Waals surface area contributed by atoms with E-state index in [0.717, 1.165) is 0 Å². The highest BCUT2D eigenvalue weighted by atomic mass is 16.6. The largest absolute Gasteiger partial charge is 0.412 e. The van der Waals surface area contributed by atoms with Gasteiger partial charge in [-0.2, -0.15) is 0 Å². The zero-order chi connectivity index (χ0) is 8.97.